The van der Waals surface area contributed by atoms with Crippen molar-refractivity contribution in [3.8, 4) is 34.2 Å². The van der Waals surface area contributed by atoms with E-state index >= 15 is 0 Å². The molecule has 0 spiro atoms. The van der Waals surface area contributed by atoms with Gasteiger partial charge in [0.25, 0.3) is 0 Å². The van der Waals surface area contributed by atoms with E-state index in [4.69, 9.17) is 4.74 Å². The predicted molar refractivity (Wildman–Crippen MR) is 115 cm³/mol. The fourth-order valence-corrected chi connectivity index (χ4v) is 3.98. The van der Waals surface area contributed by atoms with Gasteiger partial charge in [-0.15, -0.1) is 11.8 Å². The van der Waals surface area contributed by atoms with Gasteiger partial charge in [0, 0.05) is 27.8 Å². The van der Waals surface area contributed by atoms with E-state index in [1.54, 1.807) is 55.4 Å². The third-order valence-electron chi connectivity index (χ3n) is 4.65. The minimum absolute atomic E-state index is 0.00535. The van der Waals surface area contributed by atoms with Gasteiger partial charge in [-0.25, -0.2) is 9.07 Å². The van der Waals surface area contributed by atoms with Crippen molar-refractivity contribution in [3.63, 3.8) is 0 Å². The molecule has 0 aliphatic heterocycles. The van der Waals surface area contributed by atoms with Crippen molar-refractivity contribution in [2.75, 3.05) is 7.11 Å². The largest absolute Gasteiger partial charge is 0.507 e. The number of rotatable bonds is 6. The number of phenols is 2. The first kappa shape index (κ1) is 19.8. The molecule has 0 aliphatic rings. The predicted octanol–water partition coefficient (Wildman–Crippen LogP) is 5.39. The molecule has 0 saturated carbocycles. The van der Waals surface area contributed by atoms with Crippen molar-refractivity contribution in [3.05, 3.63) is 84.3 Å². The van der Waals surface area contributed by atoms with Crippen LogP contribution in [0.5, 0.6) is 17.2 Å². The first-order valence-corrected chi connectivity index (χ1v) is 10.2. The molecule has 0 amide bonds. The van der Waals surface area contributed by atoms with Crippen LogP contribution in [0.15, 0.2) is 77.8 Å². The van der Waals surface area contributed by atoms with Crippen molar-refractivity contribution in [2.45, 2.75) is 10.6 Å². The molecular weight excluding hydrogens is 403 g/mol. The van der Waals surface area contributed by atoms with Crippen molar-refractivity contribution < 1.29 is 19.3 Å². The van der Waals surface area contributed by atoms with Gasteiger partial charge in [-0.05, 0) is 48.5 Å². The Morgan fingerprint density at radius 1 is 1.00 bits per heavy atom. The summed E-state index contributed by atoms with van der Waals surface area (Å²) in [5, 5.41) is 25.0. The number of hydrogen-bond donors (Lipinski definition) is 2. The first-order valence-electron chi connectivity index (χ1n) is 9.18. The molecule has 0 radical (unpaired) electrons. The summed E-state index contributed by atoms with van der Waals surface area (Å²) >= 11 is 1.54. The van der Waals surface area contributed by atoms with Crippen LogP contribution in [-0.4, -0.2) is 27.1 Å². The normalized spacial score (nSPS) is 10.9. The summed E-state index contributed by atoms with van der Waals surface area (Å²) in [6, 6.07) is 18.6. The molecule has 1 heterocycles. The highest BCUT2D eigenvalue weighted by molar-refractivity contribution is 7.98. The Kier molecular flexibility index (Phi) is 5.63. The molecule has 30 heavy (non-hydrogen) atoms. The lowest BCUT2D eigenvalue weighted by Crippen LogP contribution is -2.02. The second kappa shape index (κ2) is 8.51. The number of para-hydroxylation sites is 1. The molecule has 7 heteroatoms. The molecule has 0 atom stereocenters. The number of halogens is 1. The molecule has 3 aromatic carbocycles. The van der Waals surface area contributed by atoms with Crippen LogP contribution in [0.2, 0.25) is 0 Å². The van der Waals surface area contributed by atoms with Gasteiger partial charge in [0.05, 0.1) is 19.0 Å². The number of hydrogen-bond acceptors (Lipinski definition) is 5. The van der Waals surface area contributed by atoms with E-state index < -0.39 is 5.82 Å². The molecule has 4 rings (SSSR count). The second-order valence-electron chi connectivity index (χ2n) is 6.54. The topological polar surface area (TPSA) is 67.5 Å². The summed E-state index contributed by atoms with van der Waals surface area (Å²) in [6.07, 6.45) is 1.54. The van der Waals surface area contributed by atoms with Crippen LogP contribution in [0.1, 0.15) is 5.56 Å². The fraction of sp³-hybridized carbons (Fsp3) is 0.0870. The van der Waals surface area contributed by atoms with E-state index in [0.717, 1.165) is 10.6 Å². The number of aromatic hydroxyl groups is 2. The van der Waals surface area contributed by atoms with Crippen LogP contribution in [0, 0.1) is 5.82 Å². The van der Waals surface area contributed by atoms with E-state index in [1.807, 2.05) is 24.3 Å². The molecule has 4 aromatic rings. The minimum atomic E-state index is -0.420. The minimum Gasteiger partial charge on any atom is -0.507 e. The van der Waals surface area contributed by atoms with Crippen molar-refractivity contribution >= 4 is 11.8 Å². The zero-order valence-electron chi connectivity index (χ0n) is 16.1. The van der Waals surface area contributed by atoms with Crippen LogP contribution in [0.3, 0.4) is 0 Å². The van der Waals surface area contributed by atoms with Gasteiger partial charge in [-0.2, -0.15) is 5.10 Å². The van der Waals surface area contributed by atoms with E-state index in [0.29, 0.717) is 22.6 Å². The van der Waals surface area contributed by atoms with Crippen molar-refractivity contribution in [1.82, 2.24) is 9.78 Å². The van der Waals surface area contributed by atoms with Gasteiger partial charge in [0.2, 0.25) is 0 Å². The number of nitrogens with zero attached hydrogens (tertiary/aromatic N) is 2. The number of thioether (sulfide) groups is 1. The maximum absolute atomic E-state index is 14.3. The van der Waals surface area contributed by atoms with Crippen LogP contribution in [-0.2, 0) is 5.75 Å². The van der Waals surface area contributed by atoms with Gasteiger partial charge in [-0.3, -0.25) is 0 Å². The van der Waals surface area contributed by atoms with E-state index in [1.165, 1.54) is 16.8 Å². The van der Waals surface area contributed by atoms with Crippen LogP contribution in [0.25, 0.3) is 16.9 Å². The highest BCUT2D eigenvalue weighted by Gasteiger charge is 2.17. The van der Waals surface area contributed by atoms with Crippen LogP contribution < -0.4 is 4.74 Å². The van der Waals surface area contributed by atoms with Crippen molar-refractivity contribution in [1.29, 1.82) is 0 Å². The number of ether oxygens (including phenoxy) is 1. The average molecular weight is 422 g/mol. The lowest BCUT2D eigenvalue weighted by molar-refractivity contribution is 0.414. The summed E-state index contributed by atoms with van der Waals surface area (Å²) in [4.78, 5) is 1.02. The Hall–Kier alpha value is -3.45. The molecule has 0 bridgehead atoms. The first-order chi connectivity index (χ1) is 14.6. The molecule has 0 fully saturated rings. The molecule has 0 saturated heterocycles. The molecule has 1 aromatic heterocycles. The van der Waals surface area contributed by atoms with E-state index in [2.05, 4.69) is 5.10 Å². The quantitative estimate of drug-likeness (QED) is 0.408. The zero-order chi connectivity index (χ0) is 21.1. The van der Waals surface area contributed by atoms with Gasteiger partial charge in [-0.1, -0.05) is 12.1 Å². The molecule has 152 valence electrons. The second-order valence-corrected chi connectivity index (χ2v) is 7.59. The molecule has 0 aliphatic carbocycles. The third-order valence-corrected chi connectivity index (χ3v) is 5.71. The Bertz CT molecular complexity index is 1180. The summed E-state index contributed by atoms with van der Waals surface area (Å²) in [6.45, 7) is 0. The summed E-state index contributed by atoms with van der Waals surface area (Å²) < 4.78 is 20.9. The highest BCUT2D eigenvalue weighted by atomic mass is 32.2. The molecular formula is C23H19FN2O3S. The van der Waals surface area contributed by atoms with Crippen molar-refractivity contribution in [2.24, 2.45) is 0 Å². The van der Waals surface area contributed by atoms with Crippen LogP contribution in [0.4, 0.5) is 4.39 Å². The van der Waals surface area contributed by atoms with Gasteiger partial charge >= 0.3 is 0 Å². The lowest BCUT2D eigenvalue weighted by Gasteiger charge is -2.13. The maximum atomic E-state index is 14.3. The molecule has 2 N–H and O–H groups in total. The fourth-order valence-electron chi connectivity index (χ4n) is 3.10. The Balaban J connectivity index is 1.66. The molecule has 0 unspecified atom stereocenters. The lowest BCUT2D eigenvalue weighted by atomic mass is 10.1. The summed E-state index contributed by atoms with van der Waals surface area (Å²) in [5.74, 6) is 0.726. The monoisotopic (exact) mass is 422 g/mol. The number of methoxy groups -OCH3 is 1. The molecule has 5 nitrogen and oxygen atoms in total. The zero-order valence-corrected chi connectivity index (χ0v) is 16.9. The Labute approximate surface area is 177 Å². The van der Waals surface area contributed by atoms with Gasteiger partial charge in [0.1, 0.15) is 28.8 Å². The third kappa shape index (κ3) is 3.97. The maximum Gasteiger partial charge on any atom is 0.148 e. The Morgan fingerprint density at radius 3 is 2.50 bits per heavy atom. The summed E-state index contributed by atoms with van der Waals surface area (Å²) in [5.41, 5.74) is 1.90. The van der Waals surface area contributed by atoms with E-state index in [-0.39, 0.29) is 17.2 Å². The standard InChI is InChI=1S/C23H19FN2O3S/c1-29-16-6-8-17(9-7-16)30-14-15-12-18(23(28)13-22(15)27)20-10-11-25-26(20)21-5-3-2-4-19(21)24/h2-13,27-28H,14H2,1H3. The smallest absolute Gasteiger partial charge is 0.148 e. The van der Waals surface area contributed by atoms with Gasteiger partial charge in [0.15, 0.2) is 0 Å². The highest BCUT2D eigenvalue weighted by Crippen LogP contribution is 2.38. The van der Waals surface area contributed by atoms with E-state index in [9.17, 15) is 14.6 Å². The number of phenolic OH excluding ortho intramolecular Hbond substituents is 2. The van der Waals surface area contributed by atoms with Gasteiger partial charge < -0.3 is 14.9 Å². The summed E-state index contributed by atoms with van der Waals surface area (Å²) in [7, 11) is 1.62. The average Bonchev–Trinajstić information content (AvgIpc) is 3.23. The SMILES string of the molecule is COc1ccc(SCc2cc(-c3ccnn3-c3ccccc3F)c(O)cc2O)cc1. The van der Waals surface area contributed by atoms with Crippen LogP contribution >= 0.6 is 11.8 Å². The number of aromatic nitrogens is 2. The number of benzene rings is 3. The Morgan fingerprint density at radius 2 is 1.77 bits per heavy atom.